The van der Waals surface area contributed by atoms with Gasteiger partial charge in [0.05, 0.1) is 24.2 Å². The molecule has 0 radical (unpaired) electrons. The molecule has 9 heteroatoms. The molecule has 4 aromatic rings. The first-order valence-corrected chi connectivity index (χ1v) is 9.13. The number of fused-ring (bicyclic) bond motifs is 2. The molecule has 1 aliphatic heterocycles. The number of nitrogens with one attached hydrogen (secondary N) is 2. The molecule has 0 aliphatic carbocycles. The molecule has 9 nitrogen and oxygen atoms in total. The van der Waals surface area contributed by atoms with Gasteiger partial charge in [-0.25, -0.2) is 0 Å². The van der Waals surface area contributed by atoms with Crippen molar-refractivity contribution in [3.63, 3.8) is 0 Å². The van der Waals surface area contributed by atoms with E-state index in [4.69, 9.17) is 8.94 Å². The Balaban J connectivity index is 1.45. The fraction of sp³-hybridized carbons (Fsp3) is 0.200. The summed E-state index contributed by atoms with van der Waals surface area (Å²) in [6.45, 7) is 0. The number of hydrogen-bond acceptors (Lipinski definition) is 6. The Morgan fingerprint density at radius 2 is 2.17 bits per heavy atom. The zero-order valence-electron chi connectivity index (χ0n) is 15.5. The van der Waals surface area contributed by atoms with Crippen LogP contribution >= 0.6 is 0 Å². The van der Waals surface area contributed by atoms with Gasteiger partial charge in [-0.3, -0.25) is 14.3 Å². The van der Waals surface area contributed by atoms with E-state index >= 15 is 0 Å². The maximum atomic E-state index is 12.7. The number of anilines is 2. The highest BCUT2D eigenvalue weighted by atomic mass is 16.5. The Bertz CT molecular complexity index is 1220. The van der Waals surface area contributed by atoms with Gasteiger partial charge in [0.15, 0.2) is 11.4 Å². The predicted octanol–water partition coefficient (Wildman–Crippen LogP) is 2.81. The van der Waals surface area contributed by atoms with Gasteiger partial charge in [-0.05, 0) is 24.3 Å². The number of aromatic nitrogens is 3. The van der Waals surface area contributed by atoms with Gasteiger partial charge in [0.25, 0.3) is 0 Å². The highest BCUT2D eigenvalue weighted by molar-refractivity contribution is 5.99. The Hall–Kier alpha value is -3.88. The summed E-state index contributed by atoms with van der Waals surface area (Å²) in [5, 5.41) is 14.9. The van der Waals surface area contributed by atoms with Gasteiger partial charge in [0.1, 0.15) is 17.3 Å². The van der Waals surface area contributed by atoms with Crippen molar-refractivity contribution in [3.8, 4) is 0 Å². The molecule has 4 heterocycles. The van der Waals surface area contributed by atoms with Crippen molar-refractivity contribution in [2.45, 2.75) is 18.8 Å². The first-order chi connectivity index (χ1) is 14.1. The lowest BCUT2D eigenvalue weighted by atomic mass is 9.91. The van der Waals surface area contributed by atoms with Crippen LogP contribution in [0, 0.1) is 0 Å². The molecule has 2 amide bonds. The summed E-state index contributed by atoms with van der Waals surface area (Å²) in [5.74, 6) is 0.846. The summed E-state index contributed by atoms with van der Waals surface area (Å²) in [4.78, 5) is 24.9. The molecule has 1 aliphatic rings. The molecule has 0 saturated heterocycles. The summed E-state index contributed by atoms with van der Waals surface area (Å²) in [5.41, 5.74) is 1.91. The second kappa shape index (κ2) is 6.62. The predicted molar refractivity (Wildman–Crippen MR) is 103 cm³/mol. The van der Waals surface area contributed by atoms with Crippen molar-refractivity contribution >= 4 is 34.4 Å². The van der Waals surface area contributed by atoms with Crippen LogP contribution in [0.15, 0.2) is 51.6 Å². The Kier molecular flexibility index (Phi) is 3.94. The standard InChI is InChI=1S/C20H17N5O4/c1-25-20-18(12(9-16(26)22-20)14-7-4-8-28-14)19(23-25)21-17(27)10-13-11-5-2-3-6-15(11)29-24-13/h2-8,12H,9-10H2,1H3,(H,22,26)(H,21,23,27)/t12-/m0/s1. The van der Waals surface area contributed by atoms with E-state index in [0.29, 0.717) is 28.7 Å². The van der Waals surface area contributed by atoms with Gasteiger partial charge in [0.2, 0.25) is 11.8 Å². The van der Waals surface area contributed by atoms with Gasteiger partial charge in [0, 0.05) is 18.9 Å². The number of hydrogen-bond donors (Lipinski definition) is 2. The quantitative estimate of drug-likeness (QED) is 0.553. The van der Waals surface area contributed by atoms with Gasteiger partial charge in [-0.1, -0.05) is 17.3 Å². The number of carbonyl (C=O) groups is 2. The van der Waals surface area contributed by atoms with Crippen molar-refractivity contribution in [2.24, 2.45) is 7.05 Å². The molecule has 0 spiro atoms. The van der Waals surface area contributed by atoms with Crippen LogP contribution in [0.5, 0.6) is 0 Å². The Morgan fingerprint density at radius 1 is 1.31 bits per heavy atom. The molecule has 146 valence electrons. The Labute approximate surface area is 164 Å². The maximum Gasteiger partial charge on any atom is 0.231 e. The number of para-hydroxylation sites is 1. The van der Waals surface area contributed by atoms with Crippen LogP contribution < -0.4 is 10.6 Å². The molecular formula is C20H17N5O4. The monoisotopic (exact) mass is 391 g/mol. The first-order valence-electron chi connectivity index (χ1n) is 9.13. The van der Waals surface area contributed by atoms with Gasteiger partial charge in [-0.2, -0.15) is 5.10 Å². The summed E-state index contributed by atoms with van der Waals surface area (Å²) in [7, 11) is 1.71. The Morgan fingerprint density at radius 3 is 3.00 bits per heavy atom. The van der Waals surface area contributed by atoms with Crippen LogP contribution in [0.3, 0.4) is 0 Å². The summed E-state index contributed by atoms with van der Waals surface area (Å²) in [6.07, 6.45) is 1.81. The van der Waals surface area contributed by atoms with Crippen molar-refractivity contribution < 1.29 is 18.5 Å². The third kappa shape index (κ3) is 2.96. The largest absolute Gasteiger partial charge is 0.469 e. The van der Waals surface area contributed by atoms with Crippen LogP contribution in [-0.4, -0.2) is 26.8 Å². The van der Waals surface area contributed by atoms with Crippen LogP contribution in [0.2, 0.25) is 0 Å². The fourth-order valence-electron chi connectivity index (χ4n) is 3.71. The third-order valence-corrected chi connectivity index (χ3v) is 5.00. The van der Waals surface area contributed by atoms with E-state index in [2.05, 4.69) is 20.9 Å². The molecule has 1 aromatic carbocycles. The molecule has 0 bridgehead atoms. The lowest BCUT2D eigenvalue weighted by molar-refractivity contribution is -0.117. The van der Waals surface area contributed by atoms with Crippen LogP contribution in [0.4, 0.5) is 11.6 Å². The molecule has 0 saturated carbocycles. The number of aryl methyl sites for hydroxylation is 1. The summed E-state index contributed by atoms with van der Waals surface area (Å²) >= 11 is 0. The zero-order valence-corrected chi connectivity index (χ0v) is 15.5. The normalized spacial score (nSPS) is 15.9. The smallest absolute Gasteiger partial charge is 0.231 e. The molecule has 0 fully saturated rings. The number of benzene rings is 1. The average molecular weight is 391 g/mol. The van der Waals surface area contributed by atoms with Crippen LogP contribution in [-0.2, 0) is 23.1 Å². The van der Waals surface area contributed by atoms with Crippen molar-refractivity contribution in [1.82, 2.24) is 14.9 Å². The minimum absolute atomic E-state index is 0.0418. The van der Waals surface area contributed by atoms with Crippen LogP contribution in [0.25, 0.3) is 11.0 Å². The van der Waals surface area contributed by atoms with Gasteiger partial charge >= 0.3 is 0 Å². The van der Waals surface area contributed by atoms with Gasteiger partial charge in [-0.15, -0.1) is 0 Å². The van der Waals surface area contributed by atoms with E-state index in [1.807, 2.05) is 24.3 Å². The van der Waals surface area contributed by atoms with Crippen LogP contribution in [0.1, 0.15) is 29.4 Å². The van der Waals surface area contributed by atoms with E-state index in [1.54, 1.807) is 30.1 Å². The molecule has 29 heavy (non-hydrogen) atoms. The van der Waals surface area contributed by atoms with Crippen molar-refractivity contribution in [2.75, 3.05) is 10.6 Å². The molecule has 5 rings (SSSR count). The molecule has 0 unspecified atom stereocenters. The van der Waals surface area contributed by atoms with E-state index in [9.17, 15) is 9.59 Å². The number of nitrogens with zero attached hydrogens (tertiary/aromatic N) is 3. The minimum Gasteiger partial charge on any atom is -0.469 e. The summed E-state index contributed by atoms with van der Waals surface area (Å²) in [6, 6.07) is 11.0. The van der Waals surface area contributed by atoms with E-state index in [-0.39, 0.29) is 30.6 Å². The highest BCUT2D eigenvalue weighted by Gasteiger charge is 2.35. The van der Waals surface area contributed by atoms with E-state index in [0.717, 1.165) is 10.9 Å². The highest BCUT2D eigenvalue weighted by Crippen LogP contribution is 2.41. The number of rotatable bonds is 4. The van der Waals surface area contributed by atoms with Gasteiger partial charge < -0.3 is 19.6 Å². The molecule has 2 N–H and O–H groups in total. The SMILES string of the molecule is Cn1nc(NC(=O)Cc2noc3ccccc23)c2c1NC(=O)C[C@H]2c1ccco1. The van der Waals surface area contributed by atoms with Crippen molar-refractivity contribution in [3.05, 3.63) is 59.7 Å². The number of furan rings is 1. The van der Waals surface area contributed by atoms with Crippen molar-refractivity contribution in [1.29, 1.82) is 0 Å². The van der Waals surface area contributed by atoms with E-state index < -0.39 is 0 Å². The molecular weight excluding hydrogens is 374 g/mol. The second-order valence-electron chi connectivity index (χ2n) is 6.91. The average Bonchev–Trinajstić information content (AvgIpc) is 3.43. The second-order valence-corrected chi connectivity index (χ2v) is 6.91. The lowest BCUT2D eigenvalue weighted by Crippen LogP contribution is -2.25. The number of carbonyl (C=O) groups excluding carboxylic acids is 2. The molecule has 3 aromatic heterocycles. The zero-order chi connectivity index (χ0) is 20.0. The minimum atomic E-state index is -0.328. The topological polar surface area (TPSA) is 115 Å². The molecule has 1 atom stereocenters. The third-order valence-electron chi connectivity index (χ3n) is 5.00. The first kappa shape index (κ1) is 17.2. The fourth-order valence-corrected chi connectivity index (χ4v) is 3.71. The maximum absolute atomic E-state index is 12.7. The number of amides is 2. The van der Waals surface area contributed by atoms with E-state index in [1.165, 1.54) is 0 Å². The summed E-state index contributed by atoms with van der Waals surface area (Å²) < 4.78 is 12.3. The lowest BCUT2D eigenvalue weighted by Gasteiger charge is -2.22.